The zero-order valence-corrected chi connectivity index (χ0v) is 25.8. The van der Waals surface area contributed by atoms with Gasteiger partial charge in [-0.25, -0.2) is 36.3 Å². The van der Waals surface area contributed by atoms with E-state index in [1.807, 2.05) is 0 Å². The Morgan fingerprint density at radius 1 is 0.450 bits per heavy atom. The Morgan fingerprint density at radius 2 is 0.725 bits per heavy atom. The van der Waals surface area contributed by atoms with Crippen molar-refractivity contribution in [1.29, 1.82) is 0 Å². The van der Waals surface area contributed by atoms with Gasteiger partial charge in [-0.2, -0.15) is 0 Å². The average molecular weight is 814 g/mol. The molecule has 4 aromatic carbocycles. The highest BCUT2D eigenvalue weighted by Crippen LogP contribution is 2.39. The van der Waals surface area contributed by atoms with Gasteiger partial charge in [0.15, 0.2) is 23.3 Å². The lowest BCUT2D eigenvalue weighted by molar-refractivity contribution is 0.501. The molecule has 4 N–H and O–H groups in total. The van der Waals surface area contributed by atoms with Crippen LogP contribution in [-0.2, 0) is 0 Å². The summed E-state index contributed by atoms with van der Waals surface area (Å²) in [5.41, 5.74) is 12.5. The van der Waals surface area contributed by atoms with E-state index in [0.29, 0.717) is 22.5 Å². The van der Waals surface area contributed by atoms with Gasteiger partial charge in [0, 0.05) is 11.1 Å². The van der Waals surface area contributed by atoms with Crippen LogP contribution in [0, 0.1) is 34.9 Å². The van der Waals surface area contributed by atoms with Crippen molar-refractivity contribution in [1.82, 2.24) is 9.97 Å². The highest BCUT2D eigenvalue weighted by Gasteiger charge is 2.23. The maximum atomic E-state index is 14.2. The van der Waals surface area contributed by atoms with Crippen LogP contribution < -0.4 is 11.5 Å². The van der Waals surface area contributed by atoms with Crippen LogP contribution in [0.5, 0.6) is 0 Å². The van der Waals surface area contributed by atoms with Gasteiger partial charge in [-0.1, -0.05) is 0 Å². The minimum atomic E-state index is -1.10. The van der Waals surface area contributed by atoms with Gasteiger partial charge in [0.1, 0.15) is 22.7 Å². The number of nitrogens with two attached hydrogens (primary N) is 2. The van der Waals surface area contributed by atoms with Crippen LogP contribution >= 0.6 is 63.7 Å². The largest absolute Gasteiger partial charge is 0.396 e. The van der Waals surface area contributed by atoms with Crippen LogP contribution in [0.1, 0.15) is 0 Å². The Kier molecular flexibility index (Phi) is 9.12. The summed E-state index contributed by atoms with van der Waals surface area (Å²) in [6.45, 7) is 0. The molecule has 0 aliphatic carbocycles. The summed E-state index contributed by atoms with van der Waals surface area (Å²) in [5, 5.41) is 0. The third kappa shape index (κ3) is 5.71. The molecule has 40 heavy (non-hydrogen) atoms. The molecule has 0 atom stereocenters. The Balaban J connectivity index is 0.000000259. The Hall–Kier alpha value is -2.68. The van der Waals surface area contributed by atoms with Crippen molar-refractivity contribution in [3.63, 3.8) is 0 Å². The number of anilines is 2. The summed E-state index contributed by atoms with van der Waals surface area (Å²) in [6.07, 6.45) is 0. The van der Waals surface area contributed by atoms with Crippen molar-refractivity contribution in [2.75, 3.05) is 11.5 Å². The molecule has 0 spiro atoms. The number of hydrogen-bond donors (Lipinski definition) is 2. The number of nitrogen functional groups attached to an aromatic ring is 2. The van der Waals surface area contributed by atoms with Gasteiger partial charge in [0.25, 0.3) is 0 Å². The van der Waals surface area contributed by atoms with Crippen molar-refractivity contribution < 1.29 is 26.3 Å². The molecule has 0 amide bonds. The molecule has 0 saturated carbocycles. The van der Waals surface area contributed by atoms with Crippen molar-refractivity contribution in [3.05, 3.63) is 101 Å². The quantitative estimate of drug-likeness (QED) is 0.0806. The molecule has 5 aromatic rings. The normalized spacial score (nSPS) is 10.9. The second kappa shape index (κ2) is 12.0. The summed E-state index contributed by atoms with van der Waals surface area (Å²) >= 11 is 11.6. The SMILES string of the molecule is Fc1ccc(-c2nc3c(Br)c(F)c(F)c(Br)c3nc2-c2ccc(F)cc2)cc1.Nc1c(N)c(Br)c(F)c(F)c1Br. The van der Waals surface area contributed by atoms with Gasteiger partial charge in [0.2, 0.25) is 0 Å². The number of benzene rings is 4. The molecule has 1 aromatic heterocycles. The summed E-state index contributed by atoms with van der Waals surface area (Å²) in [6, 6.07) is 11.0. The number of halogens is 10. The predicted molar refractivity (Wildman–Crippen MR) is 156 cm³/mol. The van der Waals surface area contributed by atoms with Crippen LogP contribution in [-0.4, -0.2) is 9.97 Å². The molecule has 0 saturated heterocycles. The molecule has 1 heterocycles. The van der Waals surface area contributed by atoms with Crippen LogP contribution in [0.4, 0.5) is 37.7 Å². The average Bonchev–Trinajstić information content (AvgIpc) is 2.96. The third-order valence-corrected chi connectivity index (χ3v) is 8.46. The smallest absolute Gasteiger partial charge is 0.176 e. The fraction of sp³-hybridized carbons (Fsp3) is 0. The molecule has 0 unspecified atom stereocenters. The number of nitrogens with zero attached hydrogens (tertiary/aromatic N) is 2. The van der Waals surface area contributed by atoms with Gasteiger partial charge >= 0.3 is 0 Å². The van der Waals surface area contributed by atoms with E-state index in [-0.39, 0.29) is 40.3 Å². The Morgan fingerprint density at radius 3 is 1.02 bits per heavy atom. The number of fused-ring (bicyclic) bond motifs is 1. The van der Waals surface area contributed by atoms with E-state index in [4.69, 9.17) is 11.5 Å². The van der Waals surface area contributed by atoms with Crippen molar-refractivity contribution >= 4 is 86.1 Å². The standard InChI is InChI=1S/C20H8Br2F4N2.C6H4Br2F2N2/c21-13-15(25)16(26)14(22)20-19(13)27-17(9-1-5-11(23)6-2-9)18(28-20)10-3-7-12(24)8-4-10;7-1-3(9)4(10)2(8)6(12)5(1)11/h1-8H;11-12H2. The summed E-state index contributed by atoms with van der Waals surface area (Å²) in [7, 11) is 0. The lowest BCUT2D eigenvalue weighted by Gasteiger charge is -2.13. The van der Waals surface area contributed by atoms with Crippen LogP contribution in [0.15, 0.2) is 66.4 Å². The number of rotatable bonds is 2. The third-order valence-electron chi connectivity index (χ3n) is 5.47. The van der Waals surface area contributed by atoms with E-state index < -0.39 is 34.9 Å². The number of aromatic nitrogens is 2. The topological polar surface area (TPSA) is 77.8 Å². The molecule has 0 bridgehead atoms. The number of hydrogen-bond acceptors (Lipinski definition) is 4. The van der Waals surface area contributed by atoms with Gasteiger partial charge in [-0.05, 0) is 112 Å². The minimum absolute atomic E-state index is 0.0132. The van der Waals surface area contributed by atoms with E-state index in [1.54, 1.807) is 0 Å². The van der Waals surface area contributed by atoms with Gasteiger partial charge in [0.05, 0.1) is 40.7 Å². The second-order valence-corrected chi connectivity index (χ2v) is 11.1. The van der Waals surface area contributed by atoms with Gasteiger partial charge < -0.3 is 11.5 Å². The first-order valence-corrected chi connectivity index (χ1v) is 13.9. The summed E-state index contributed by atoms with van der Waals surface area (Å²) < 4.78 is 80.1. The first kappa shape index (κ1) is 30.3. The van der Waals surface area contributed by atoms with Gasteiger partial charge in [-0.3, -0.25) is 0 Å². The van der Waals surface area contributed by atoms with Crippen LogP contribution in [0.2, 0.25) is 0 Å². The van der Waals surface area contributed by atoms with Crippen molar-refractivity contribution in [2.45, 2.75) is 0 Å². The maximum Gasteiger partial charge on any atom is 0.176 e. The summed E-state index contributed by atoms with van der Waals surface area (Å²) in [4.78, 5) is 8.95. The van der Waals surface area contributed by atoms with Gasteiger partial charge in [-0.15, -0.1) is 0 Å². The highest BCUT2D eigenvalue weighted by molar-refractivity contribution is 9.11. The van der Waals surface area contributed by atoms with Crippen molar-refractivity contribution in [3.8, 4) is 22.5 Å². The fourth-order valence-electron chi connectivity index (χ4n) is 3.43. The Bertz CT molecular complexity index is 1570. The predicted octanol–water partition coefficient (Wildman–Crippen LogP) is 9.70. The fourth-order valence-corrected chi connectivity index (χ4v) is 5.10. The molecule has 0 fully saturated rings. The molecule has 0 radical (unpaired) electrons. The highest BCUT2D eigenvalue weighted by atomic mass is 79.9. The monoisotopic (exact) mass is 810 g/mol. The molecule has 5 rings (SSSR count). The lowest BCUT2D eigenvalue weighted by atomic mass is 10.0. The van der Waals surface area contributed by atoms with E-state index in [2.05, 4.69) is 73.7 Å². The lowest BCUT2D eigenvalue weighted by Crippen LogP contribution is -2.02. The van der Waals surface area contributed by atoms with Crippen molar-refractivity contribution in [2.24, 2.45) is 0 Å². The molecular weight excluding hydrogens is 802 g/mol. The molecule has 0 aliphatic rings. The van der Waals surface area contributed by atoms with E-state index in [9.17, 15) is 26.3 Å². The molecular formula is C26H12Br4F6N4. The zero-order chi connectivity index (χ0) is 29.5. The Labute approximate surface area is 256 Å². The van der Waals surface area contributed by atoms with Crippen LogP contribution in [0.3, 0.4) is 0 Å². The molecule has 206 valence electrons. The first-order chi connectivity index (χ1) is 18.8. The maximum absolute atomic E-state index is 14.2. The van der Waals surface area contributed by atoms with E-state index in [0.717, 1.165) is 0 Å². The molecule has 4 nitrogen and oxygen atoms in total. The molecule has 0 aliphatic heterocycles. The van der Waals surface area contributed by atoms with E-state index >= 15 is 0 Å². The first-order valence-electron chi connectivity index (χ1n) is 10.8. The van der Waals surface area contributed by atoms with Crippen LogP contribution in [0.25, 0.3) is 33.5 Å². The minimum Gasteiger partial charge on any atom is -0.396 e. The second-order valence-electron chi connectivity index (χ2n) is 7.97. The van der Waals surface area contributed by atoms with E-state index in [1.165, 1.54) is 48.5 Å². The zero-order valence-electron chi connectivity index (χ0n) is 19.4. The summed E-state index contributed by atoms with van der Waals surface area (Å²) in [5.74, 6) is -5.17. The molecule has 14 heteroatoms.